The third-order valence-electron chi connectivity index (χ3n) is 5.69. The van der Waals surface area contributed by atoms with E-state index in [-0.39, 0.29) is 24.1 Å². The van der Waals surface area contributed by atoms with Crippen LogP contribution in [0, 0.1) is 0 Å². The summed E-state index contributed by atoms with van der Waals surface area (Å²) in [6, 6.07) is 21.2. The molecule has 0 spiro atoms. The van der Waals surface area contributed by atoms with Gasteiger partial charge >= 0.3 is 0 Å². The average molecular weight is 505 g/mol. The van der Waals surface area contributed by atoms with Gasteiger partial charge < -0.3 is 14.8 Å². The first kappa shape index (κ1) is 25.3. The summed E-state index contributed by atoms with van der Waals surface area (Å²) in [4.78, 5) is 40.3. The molecule has 186 valence electrons. The summed E-state index contributed by atoms with van der Waals surface area (Å²) in [6.45, 7) is 2.74. The predicted octanol–water partition coefficient (Wildman–Crippen LogP) is 5.55. The van der Waals surface area contributed by atoms with Crippen molar-refractivity contribution < 1.29 is 23.9 Å². The number of benzene rings is 3. The number of hydrogen-bond donors (Lipinski definition) is 1. The van der Waals surface area contributed by atoms with Gasteiger partial charge in [0, 0.05) is 22.6 Å². The molecule has 3 amide bonds. The van der Waals surface area contributed by atoms with Crippen molar-refractivity contribution >= 4 is 40.9 Å². The van der Waals surface area contributed by atoms with E-state index in [2.05, 4.69) is 12.2 Å². The zero-order valence-corrected chi connectivity index (χ0v) is 21.0. The van der Waals surface area contributed by atoms with E-state index in [1.807, 2.05) is 12.1 Å². The molecule has 0 aliphatic carbocycles. The van der Waals surface area contributed by atoms with Crippen LogP contribution >= 0.6 is 11.8 Å². The number of hydrogen-bond acceptors (Lipinski definition) is 6. The molecule has 0 bridgehead atoms. The number of anilines is 2. The van der Waals surface area contributed by atoms with E-state index < -0.39 is 5.25 Å². The zero-order chi connectivity index (χ0) is 25.5. The molecule has 7 nitrogen and oxygen atoms in total. The van der Waals surface area contributed by atoms with E-state index >= 15 is 0 Å². The van der Waals surface area contributed by atoms with Gasteiger partial charge in [0.25, 0.3) is 5.91 Å². The van der Waals surface area contributed by atoms with Crippen molar-refractivity contribution in [3.05, 3.63) is 78.4 Å². The summed E-state index contributed by atoms with van der Waals surface area (Å²) in [5.74, 6) is 0.619. The van der Waals surface area contributed by atoms with E-state index in [4.69, 9.17) is 9.47 Å². The van der Waals surface area contributed by atoms with Crippen molar-refractivity contribution in [2.24, 2.45) is 0 Å². The van der Waals surface area contributed by atoms with Crippen LogP contribution in [-0.4, -0.2) is 36.7 Å². The highest BCUT2D eigenvalue weighted by molar-refractivity contribution is 8.00. The second-order valence-corrected chi connectivity index (χ2v) is 9.56. The van der Waals surface area contributed by atoms with Gasteiger partial charge in [-0.3, -0.25) is 14.4 Å². The minimum absolute atomic E-state index is 0.132. The maximum absolute atomic E-state index is 13.0. The number of carbonyl (C=O) groups is 3. The summed E-state index contributed by atoms with van der Waals surface area (Å²) >= 11 is 1.34. The van der Waals surface area contributed by atoms with Gasteiger partial charge in [-0.05, 0) is 73.2 Å². The molecule has 8 heteroatoms. The minimum Gasteiger partial charge on any atom is -0.497 e. The van der Waals surface area contributed by atoms with Gasteiger partial charge in [0.1, 0.15) is 11.5 Å². The highest BCUT2D eigenvalue weighted by atomic mass is 32.2. The van der Waals surface area contributed by atoms with Gasteiger partial charge in [-0.1, -0.05) is 19.4 Å². The van der Waals surface area contributed by atoms with E-state index in [1.54, 1.807) is 67.8 Å². The molecular weight excluding hydrogens is 476 g/mol. The van der Waals surface area contributed by atoms with E-state index in [9.17, 15) is 14.4 Å². The molecule has 3 aromatic carbocycles. The molecule has 0 aromatic heterocycles. The number of carbonyl (C=O) groups excluding carboxylic acids is 3. The maximum atomic E-state index is 13.0. The van der Waals surface area contributed by atoms with Gasteiger partial charge in [-0.2, -0.15) is 0 Å². The Morgan fingerprint density at radius 3 is 2.47 bits per heavy atom. The monoisotopic (exact) mass is 504 g/mol. The third-order valence-corrected chi connectivity index (χ3v) is 6.89. The lowest BCUT2D eigenvalue weighted by molar-refractivity contribution is -0.121. The molecule has 4 rings (SSSR count). The van der Waals surface area contributed by atoms with Gasteiger partial charge in [-0.25, -0.2) is 4.90 Å². The van der Waals surface area contributed by atoms with Crippen LogP contribution in [0.5, 0.6) is 11.5 Å². The molecule has 0 radical (unpaired) electrons. The van der Waals surface area contributed by atoms with Crippen molar-refractivity contribution in [2.45, 2.75) is 36.3 Å². The van der Waals surface area contributed by atoms with Crippen molar-refractivity contribution in [2.75, 3.05) is 23.9 Å². The quantitative estimate of drug-likeness (QED) is 0.288. The molecular formula is C28H28N2O5S. The summed E-state index contributed by atoms with van der Waals surface area (Å²) in [5, 5.41) is 2.35. The lowest BCUT2D eigenvalue weighted by atomic mass is 10.2. The normalized spacial score (nSPS) is 15.2. The molecule has 1 N–H and O–H groups in total. The predicted molar refractivity (Wildman–Crippen MR) is 141 cm³/mol. The number of thioether (sulfide) groups is 1. The number of methoxy groups -OCH3 is 1. The molecule has 36 heavy (non-hydrogen) atoms. The summed E-state index contributed by atoms with van der Waals surface area (Å²) in [5.41, 5.74) is 1.67. The Bertz CT molecular complexity index is 1230. The first-order valence-corrected chi connectivity index (χ1v) is 12.7. The Labute approximate surface area is 214 Å². The maximum Gasteiger partial charge on any atom is 0.255 e. The number of nitrogens with one attached hydrogen (secondary N) is 1. The fraction of sp³-hybridized carbons (Fsp3) is 0.250. The van der Waals surface area contributed by atoms with Crippen LogP contribution in [0.25, 0.3) is 0 Å². The van der Waals surface area contributed by atoms with Crippen molar-refractivity contribution in [1.29, 1.82) is 0 Å². The molecule has 1 aliphatic heterocycles. The molecule has 1 saturated heterocycles. The minimum atomic E-state index is -0.504. The van der Waals surface area contributed by atoms with Gasteiger partial charge in [0.05, 0.1) is 24.7 Å². The molecule has 1 heterocycles. The Balaban J connectivity index is 1.35. The topological polar surface area (TPSA) is 84.9 Å². The average Bonchev–Trinajstić information content (AvgIpc) is 3.18. The van der Waals surface area contributed by atoms with E-state index in [0.717, 1.165) is 23.5 Å². The van der Waals surface area contributed by atoms with Crippen LogP contribution in [0.2, 0.25) is 0 Å². The standard InChI is InChI=1S/C28H28N2O5S/c1-3-4-16-35-22-12-10-21(11-13-22)30-26(31)18-25(28(30)33)36-24-14-8-20(9-15-24)29-27(32)19-6-5-7-23(17-19)34-2/h5-15,17,25H,3-4,16,18H2,1-2H3,(H,29,32). The SMILES string of the molecule is CCCCOc1ccc(N2C(=O)CC(Sc3ccc(NC(=O)c4cccc(OC)c4)cc3)C2=O)cc1. The van der Waals surface area contributed by atoms with Gasteiger partial charge in [-0.15, -0.1) is 11.8 Å². The Morgan fingerprint density at radius 1 is 1.03 bits per heavy atom. The van der Waals surface area contributed by atoms with Crippen LogP contribution in [0.15, 0.2) is 77.7 Å². The number of nitrogens with zero attached hydrogens (tertiary/aromatic N) is 1. The number of amides is 3. The van der Waals surface area contributed by atoms with Gasteiger partial charge in [0.2, 0.25) is 11.8 Å². The molecule has 1 unspecified atom stereocenters. The third kappa shape index (κ3) is 6.07. The summed E-state index contributed by atoms with van der Waals surface area (Å²) in [7, 11) is 1.55. The first-order chi connectivity index (χ1) is 17.5. The van der Waals surface area contributed by atoms with Crippen molar-refractivity contribution in [3.63, 3.8) is 0 Å². The Hall–Kier alpha value is -3.78. The van der Waals surface area contributed by atoms with Crippen LogP contribution in [0.1, 0.15) is 36.5 Å². The van der Waals surface area contributed by atoms with Crippen LogP contribution in [0.4, 0.5) is 11.4 Å². The van der Waals surface area contributed by atoms with Gasteiger partial charge in [0.15, 0.2) is 0 Å². The fourth-order valence-corrected chi connectivity index (χ4v) is 4.80. The highest BCUT2D eigenvalue weighted by Gasteiger charge is 2.40. The molecule has 1 fully saturated rings. The second kappa shape index (κ2) is 11.8. The molecule has 0 saturated carbocycles. The largest absolute Gasteiger partial charge is 0.497 e. The number of rotatable bonds is 10. The fourth-order valence-electron chi connectivity index (χ4n) is 3.74. The molecule has 1 atom stereocenters. The van der Waals surface area contributed by atoms with Crippen LogP contribution in [-0.2, 0) is 9.59 Å². The first-order valence-electron chi connectivity index (χ1n) is 11.8. The lowest BCUT2D eigenvalue weighted by Crippen LogP contribution is -2.31. The number of imide groups is 1. The number of ether oxygens (including phenoxy) is 2. The number of unbranched alkanes of at least 4 members (excludes halogenated alkanes) is 1. The summed E-state index contributed by atoms with van der Waals surface area (Å²) < 4.78 is 10.8. The van der Waals surface area contributed by atoms with Crippen molar-refractivity contribution in [1.82, 2.24) is 0 Å². The zero-order valence-electron chi connectivity index (χ0n) is 20.2. The van der Waals surface area contributed by atoms with E-state index in [0.29, 0.717) is 29.3 Å². The summed E-state index contributed by atoms with van der Waals surface area (Å²) in [6.07, 6.45) is 2.15. The lowest BCUT2D eigenvalue weighted by Gasteiger charge is -2.16. The Kier molecular flexibility index (Phi) is 8.28. The van der Waals surface area contributed by atoms with E-state index in [1.165, 1.54) is 16.7 Å². The molecule has 3 aromatic rings. The second-order valence-electron chi connectivity index (χ2n) is 8.28. The highest BCUT2D eigenvalue weighted by Crippen LogP contribution is 2.35. The van der Waals surface area contributed by atoms with Crippen LogP contribution < -0.4 is 19.7 Å². The Morgan fingerprint density at radius 2 is 1.78 bits per heavy atom. The molecule has 1 aliphatic rings. The van der Waals surface area contributed by atoms with Crippen LogP contribution in [0.3, 0.4) is 0 Å². The smallest absolute Gasteiger partial charge is 0.255 e. The van der Waals surface area contributed by atoms with Crippen molar-refractivity contribution in [3.8, 4) is 11.5 Å².